The Kier molecular flexibility index (Phi) is 5.33. The number of nitrogens with zero attached hydrogens (tertiary/aromatic N) is 4. The van der Waals surface area contributed by atoms with Gasteiger partial charge >= 0.3 is 5.97 Å². The number of anilines is 2. The van der Waals surface area contributed by atoms with Crippen LogP contribution in [-0.2, 0) is 14.3 Å². The molecule has 0 aliphatic rings. The molecule has 1 atom stereocenters. The normalized spacial score (nSPS) is 11.9. The maximum absolute atomic E-state index is 12.2. The van der Waals surface area contributed by atoms with Crippen molar-refractivity contribution < 1.29 is 14.3 Å². The van der Waals surface area contributed by atoms with E-state index < -0.39 is 12.0 Å². The number of thiazole rings is 1. The smallest absolute Gasteiger partial charge is 0.316 e. The van der Waals surface area contributed by atoms with Crippen molar-refractivity contribution in [2.24, 2.45) is 0 Å². The lowest BCUT2D eigenvalue weighted by molar-refractivity contribution is -0.137. The maximum atomic E-state index is 12.2. The first kappa shape index (κ1) is 16.2. The minimum absolute atomic E-state index is 0.0510. The van der Waals surface area contributed by atoms with Crippen molar-refractivity contribution in [3.63, 3.8) is 0 Å². The number of carbonyl (C=O) groups excluding carboxylic acids is 2. The first-order valence-corrected chi connectivity index (χ1v) is 7.99. The molecule has 1 unspecified atom stereocenters. The fourth-order valence-corrected chi connectivity index (χ4v) is 2.93. The van der Waals surface area contributed by atoms with E-state index >= 15 is 0 Å². The highest BCUT2D eigenvalue weighted by molar-refractivity contribution is 7.99. The Labute approximate surface area is 134 Å². The van der Waals surface area contributed by atoms with Crippen LogP contribution >= 0.6 is 23.1 Å². The summed E-state index contributed by atoms with van der Waals surface area (Å²) in [4.78, 5) is 27.4. The predicted molar refractivity (Wildman–Crippen MR) is 82.6 cm³/mol. The molecule has 2 aromatic heterocycles. The Bertz CT molecular complexity index is 657. The molecule has 22 heavy (non-hydrogen) atoms. The van der Waals surface area contributed by atoms with Gasteiger partial charge in [-0.1, -0.05) is 11.8 Å². The lowest BCUT2D eigenvalue weighted by atomic mass is 10.3. The molecule has 0 bridgehead atoms. The first-order chi connectivity index (χ1) is 10.5. The summed E-state index contributed by atoms with van der Waals surface area (Å²) < 4.78 is 6.02. The van der Waals surface area contributed by atoms with E-state index in [0.717, 1.165) is 11.8 Å². The molecular formula is C11H14N6O3S2. The van der Waals surface area contributed by atoms with Crippen molar-refractivity contribution >= 4 is 46.1 Å². The molecule has 0 spiro atoms. The van der Waals surface area contributed by atoms with Crippen LogP contribution in [0.4, 0.5) is 11.1 Å². The number of methoxy groups -OCH3 is 1. The molecule has 0 aliphatic heterocycles. The van der Waals surface area contributed by atoms with Gasteiger partial charge in [-0.05, 0) is 6.92 Å². The first-order valence-electron chi connectivity index (χ1n) is 6.13. The number of thioether (sulfide) groups is 1. The largest absolute Gasteiger partial charge is 0.468 e. The molecule has 2 aromatic rings. The number of hydrogen-bond donors (Lipinski definition) is 2. The van der Waals surface area contributed by atoms with Gasteiger partial charge < -0.3 is 15.8 Å². The molecule has 2 rings (SSSR count). The van der Waals surface area contributed by atoms with E-state index in [4.69, 9.17) is 5.73 Å². The number of carbonyl (C=O) groups is 2. The summed E-state index contributed by atoms with van der Waals surface area (Å²) in [5.41, 5.74) is 5.76. The Hall–Kier alpha value is -2.14. The van der Waals surface area contributed by atoms with E-state index in [1.807, 2.05) is 0 Å². The van der Waals surface area contributed by atoms with E-state index in [1.54, 1.807) is 18.5 Å². The van der Waals surface area contributed by atoms with Crippen LogP contribution in [0.5, 0.6) is 0 Å². The van der Waals surface area contributed by atoms with E-state index in [9.17, 15) is 9.59 Å². The molecule has 3 N–H and O–H groups in total. The third-order valence-corrected chi connectivity index (χ3v) is 4.27. The molecular weight excluding hydrogens is 328 g/mol. The molecule has 11 heteroatoms. The minimum Gasteiger partial charge on any atom is -0.468 e. The maximum Gasteiger partial charge on any atom is 0.316 e. The van der Waals surface area contributed by atoms with Gasteiger partial charge in [0.25, 0.3) is 0 Å². The highest BCUT2D eigenvalue weighted by atomic mass is 32.2. The molecule has 0 aromatic carbocycles. The average molecular weight is 342 g/mol. The number of aromatic nitrogens is 4. The number of rotatable bonds is 6. The quantitative estimate of drug-likeness (QED) is 0.583. The van der Waals surface area contributed by atoms with Crippen LogP contribution in [0.25, 0.3) is 0 Å². The molecule has 9 nitrogen and oxygen atoms in total. The zero-order chi connectivity index (χ0) is 16.1. The number of nitrogen functional groups attached to an aromatic ring is 1. The van der Waals surface area contributed by atoms with E-state index in [0.29, 0.717) is 10.3 Å². The Morgan fingerprint density at radius 3 is 2.95 bits per heavy atom. The summed E-state index contributed by atoms with van der Waals surface area (Å²) in [7, 11) is 1.30. The van der Waals surface area contributed by atoms with Crippen molar-refractivity contribution in [3.05, 3.63) is 11.6 Å². The summed E-state index contributed by atoms with van der Waals surface area (Å²) in [6.07, 6.45) is 1.59. The van der Waals surface area contributed by atoms with Gasteiger partial charge in [0.05, 0.1) is 12.9 Å². The minimum atomic E-state index is -0.654. The van der Waals surface area contributed by atoms with Gasteiger partial charge in [0.15, 0.2) is 10.3 Å². The van der Waals surface area contributed by atoms with Crippen LogP contribution < -0.4 is 11.1 Å². The molecule has 118 valence electrons. The Morgan fingerprint density at radius 1 is 1.55 bits per heavy atom. The fraction of sp³-hybridized carbons (Fsp3) is 0.364. The molecule has 0 saturated heterocycles. The second-order valence-electron chi connectivity index (χ2n) is 4.08. The number of amides is 1. The van der Waals surface area contributed by atoms with E-state index in [1.165, 1.54) is 23.0 Å². The summed E-state index contributed by atoms with van der Waals surface area (Å²) in [5, 5.41) is 12.9. The second kappa shape index (κ2) is 7.22. The third kappa shape index (κ3) is 3.74. The van der Waals surface area contributed by atoms with Gasteiger partial charge in [0.1, 0.15) is 6.04 Å². The van der Waals surface area contributed by atoms with Crippen LogP contribution in [-0.4, -0.2) is 44.5 Å². The molecule has 0 fully saturated rings. The SMILES string of the molecule is COC(=O)CSc1nnc(N)n1C(C)C(=O)Nc1nccs1. The molecule has 0 radical (unpaired) electrons. The predicted octanol–water partition coefficient (Wildman–Crippen LogP) is 0.782. The number of nitrogens with two attached hydrogens (primary N) is 1. The molecule has 2 heterocycles. The number of ether oxygens (including phenoxy) is 1. The lowest BCUT2D eigenvalue weighted by Gasteiger charge is -2.15. The zero-order valence-corrected chi connectivity index (χ0v) is 13.5. The highest BCUT2D eigenvalue weighted by Crippen LogP contribution is 2.24. The van der Waals surface area contributed by atoms with Crippen LogP contribution in [0.2, 0.25) is 0 Å². The molecule has 0 saturated carbocycles. The Balaban J connectivity index is 2.11. The van der Waals surface area contributed by atoms with E-state index in [2.05, 4.69) is 25.2 Å². The topological polar surface area (TPSA) is 125 Å². The second-order valence-corrected chi connectivity index (χ2v) is 5.92. The highest BCUT2D eigenvalue weighted by Gasteiger charge is 2.23. The standard InChI is InChI=1S/C11H14N6O3S2/c1-6(8(19)14-10-13-3-4-21-10)17-9(12)15-16-11(17)22-5-7(18)20-2/h3-4,6H,5H2,1-2H3,(H2,12,15)(H,13,14,19). The summed E-state index contributed by atoms with van der Waals surface area (Å²) in [6.45, 7) is 1.66. The van der Waals surface area contributed by atoms with Crippen molar-refractivity contribution in [2.75, 3.05) is 23.9 Å². The van der Waals surface area contributed by atoms with Gasteiger partial charge in [-0.2, -0.15) is 0 Å². The number of esters is 1. The molecule has 1 amide bonds. The summed E-state index contributed by atoms with van der Waals surface area (Å²) in [5.74, 6) is -0.566. The van der Waals surface area contributed by atoms with Gasteiger partial charge in [0, 0.05) is 11.6 Å². The fourth-order valence-electron chi connectivity index (χ4n) is 1.55. The average Bonchev–Trinajstić information content (AvgIpc) is 3.13. The number of hydrogen-bond acceptors (Lipinski definition) is 9. The van der Waals surface area contributed by atoms with Gasteiger partial charge in [-0.25, -0.2) is 4.98 Å². The van der Waals surface area contributed by atoms with Crippen LogP contribution in [0.1, 0.15) is 13.0 Å². The summed E-state index contributed by atoms with van der Waals surface area (Å²) >= 11 is 2.41. The monoisotopic (exact) mass is 342 g/mol. The molecule has 0 aliphatic carbocycles. The van der Waals surface area contributed by atoms with Crippen molar-refractivity contribution in [3.8, 4) is 0 Å². The number of nitrogens with one attached hydrogen (secondary N) is 1. The zero-order valence-electron chi connectivity index (χ0n) is 11.8. The van der Waals surface area contributed by atoms with Crippen LogP contribution in [0, 0.1) is 0 Å². The van der Waals surface area contributed by atoms with E-state index in [-0.39, 0.29) is 17.6 Å². The third-order valence-electron chi connectivity index (χ3n) is 2.67. The van der Waals surface area contributed by atoms with Crippen LogP contribution in [0.15, 0.2) is 16.7 Å². The van der Waals surface area contributed by atoms with Crippen molar-refractivity contribution in [2.45, 2.75) is 18.1 Å². The lowest BCUT2D eigenvalue weighted by Crippen LogP contribution is -2.25. The van der Waals surface area contributed by atoms with Crippen molar-refractivity contribution in [1.29, 1.82) is 0 Å². The van der Waals surface area contributed by atoms with Gasteiger partial charge in [-0.3, -0.25) is 14.2 Å². The van der Waals surface area contributed by atoms with Gasteiger partial charge in [0.2, 0.25) is 11.9 Å². The van der Waals surface area contributed by atoms with Gasteiger partial charge in [-0.15, -0.1) is 21.5 Å². The Morgan fingerprint density at radius 2 is 2.32 bits per heavy atom. The van der Waals surface area contributed by atoms with Crippen LogP contribution in [0.3, 0.4) is 0 Å². The summed E-state index contributed by atoms with van der Waals surface area (Å²) in [6, 6.07) is -0.654. The van der Waals surface area contributed by atoms with Crippen molar-refractivity contribution in [1.82, 2.24) is 19.7 Å².